The second-order valence-corrected chi connectivity index (χ2v) is 3.21. The Kier molecular flexibility index (Phi) is 2.77. The molecule has 0 bridgehead atoms. The summed E-state index contributed by atoms with van der Waals surface area (Å²) in [5, 5.41) is 14.6. The molecule has 15 heavy (non-hydrogen) atoms. The molecule has 0 amide bonds. The van der Waals surface area contributed by atoms with Gasteiger partial charge in [0.1, 0.15) is 5.82 Å². The topological polar surface area (TPSA) is 76.7 Å². The molecule has 0 aliphatic carbocycles. The Morgan fingerprint density at radius 2 is 2.27 bits per heavy atom. The largest absolute Gasteiger partial charge is 0.361 e. The maximum Gasteiger partial charge on any atom is 0.223 e. The molecule has 0 spiro atoms. The van der Waals surface area contributed by atoms with Crippen LogP contribution in [0.25, 0.3) is 0 Å². The predicted octanol–water partition coefficient (Wildman–Crippen LogP) is 1.43. The van der Waals surface area contributed by atoms with Gasteiger partial charge in [0.15, 0.2) is 11.0 Å². The van der Waals surface area contributed by atoms with Crippen molar-refractivity contribution in [2.45, 2.75) is 13.5 Å². The van der Waals surface area contributed by atoms with Crippen LogP contribution < -0.4 is 5.32 Å². The maximum atomic E-state index is 5.59. The maximum absolute atomic E-state index is 5.59. The quantitative estimate of drug-likeness (QED) is 0.852. The van der Waals surface area contributed by atoms with E-state index in [9.17, 15) is 0 Å². The molecule has 0 fully saturated rings. The molecule has 0 radical (unpaired) electrons. The highest BCUT2D eigenvalue weighted by Gasteiger charge is 2.02. The van der Waals surface area contributed by atoms with Crippen LogP contribution in [0.5, 0.6) is 0 Å². The number of rotatable bonds is 3. The van der Waals surface area contributed by atoms with Gasteiger partial charge in [0.25, 0.3) is 0 Å². The average molecular weight is 226 g/mol. The monoisotopic (exact) mass is 225 g/mol. The summed E-state index contributed by atoms with van der Waals surface area (Å²) in [6, 6.07) is 3.38. The Morgan fingerprint density at radius 3 is 2.87 bits per heavy atom. The second kappa shape index (κ2) is 4.22. The minimum atomic E-state index is 0.357. The van der Waals surface area contributed by atoms with E-state index in [0.717, 1.165) is 0 Å². The molecule has 2 aromatic rings. The second-order valence-electron chi connectivity index (χ2n) is 2.82. The van der Waals surface area contributed by atoms with E-state index in [0.29, 0.717) is 29.2 Å². The molecule has 6 nitrogen and oxygen atoms in total. The van der Waals surface area contributed by atoms with Crippen LogP contribution in [-0.2, 0) is 6.54 Å². The summed E-state index contributed by atoms with van der Waals surface area (Å²) >= 11 is 5.59. The van der Waals surface area contributed by atoms with Gasteiger partial charge in [0, 0.05) is 6.92 Å². The lowest BCUT2D eigenvalue weighted by Gasteiger charge is -1.99. The Labute approximate surface area is 90.7 Å². The minimum Gasteiger partial charge on any atom is -0.361 e. The minimum absolute atomic E-state index is 0.357. The predicted molar refractivity (Wildman–Crippen MR) is 53.4 cm³/mol. The highest BCUT2D eigenvalue weighted by Crippen LogP contribution is 2.06. The fourth-order valence-corrected chi connectivity index (χ4v) is 1.09. The number of nitrogens with one attached hydrogen (secondary N) is 1. The van der Waals surface area contributed by atoms with Gasteiger partial charge in [-0.15, -0.1) is 10.2 Å². The van der Waals surface area contributed by atoms with Gasteiger partial charge in [0.05, 0.1) is 6.54 Å². The van der Waals surface area contributed by atoms with Crippen LogP contribution >= 0.6 is 11.6 Å². The number of hydrogen-bond acceptors (Lipinski definition) is 6. The highest BCUT2D eigenvalue weighted by molar-refractivity contribution is 6.29. The molecule has 0 aliphatic rings. The lowest BCUT2D eigenvalue weighted by molar-refractivity contribution is 0.388. The third-order valence-electron chi connectivity index (χ3n) is 1.63. The van der Waals surface area contributed by atoms with E-state index < -0.39 is 0 Å². The number of hydrogen-bond donors (Lipinski definition) is 1. The van der Waals surface area contributed by atoms with Crippen LogP contribution in [0.15, 0.2) is 16.7 Å². The zero-order valence-corrected chi connectivity index (χ0v) is 8.69. The third kappa shape index (κ3) is 2.63. The van der Waals surface area contributed by atoms with Crippen LogP contribution in [0, 0.1) is 6.92 Å². The van der Waals surface area contributed by atoms with Crippen molar-refractivity contribution >= 4 is 17.4 Å². The third-order valence-corrected chi connectivity index (χ3v) is 1.83. The van der Waals surface area contributed by atoms with Crippen LogP contribution in [-0.4, -0.2) is 20.3 Å². The van der Waals surface area contributed by atoms with Gasteiger partial charge in [0.2, 0.25) is 5.89 Å². The summed E-state index contributed by atoms with van der Waals surface area (Å²) in [6.07, 6.45) is 0. The molecular weight excluding hydrogens is 218 g/mol. The van der Waals surface area contributed by atoms with Crippen molar-refractivity contribution < 1.29 is 4.52 Å². The molecule has 0 unspecified atom stereocenters. The summed E-state index contributed by atoms with van der Waals surface area (Å²) in [4.78, 5) is 4.03. The fraction of sp³-hybridized carbons (Fsp3) is 0.250. The van der Waals surface area contributed by atoms with Crippen molar-refractivity contribution in [3.05, 3.63) is 29.0 Å². The normalized spacial score (nSPS) is 10.3. The lowest BCUT2D eigenvalue weighted by atomic mass is 10.5. The van der Waals surface area contributed by atoms with Crippen LogP contribution in [0.2, 0.25) is 5.15 Å². The summed E-state index contributed by atoms with van der Waals surface area (Å²) in [5.74, 6) is 1.72. The van der Waals surface area contributed by atoms with Crippen LogP contribution in [0.4, 0.5) is 5.82 Å². The van der Waals surface area contributed by atoms with Crippen molar-refractivity contribution in [3.63, 3.8) is 0 Å². The van der Waals surface area contributed by atoms with Crippen molar-refractivity contribution in [2.75, 3.05) is 5.32 Å². The SMILES string of the molecule is Cc1nc(CNc2ccc(Cl)nn2)no1. The molecule has 78 valence electrons. The standard InChI is InChI=1S/C8H8ClN5O/c1-5-11-8(14-15-5)4-10-7-3-2-6(9)12-13-7/h2-3H,4H2,1H3,(H,10,13). The van der Waals surface area contributed by atoms with E-state index >= 15 is 0 Å². The summed E-state index contributed by atoms with van der Waals surface area (Å²) in [5.41, 5.74) is 0. The van der Waals surface area contributed by atoms with Gasteiger partial charge in [-0.25, -0.2) is 0 Å². The molecule has 0 saturated heterocycles. The van der Waals surface area contributed by atoms with Crippen molar-refractivity contribution in [1.29, 1.82) is 0 Å². The van der Waals surface area contributed by atoms with E-state index in [4.69, 9.17) is 16.1 Å². The van der Waals surface area contributed by atoms with Crippen LogP contribution in [0.3, 0.4) is 0 Å². The van der Waals surface area contributed by atoms with Gasteiger partial charge in [-0.1, -0.05) is 16.8 Å². The molecule has 0 atom stereocenters. The fourth-order valence-electron chi connectivity index (χ4n) is 0.993. The first kappa shape index (κ1) is 9.85. The number of halogens is 1. The number of aromatic nitrogens is 4. The van der Waals surface area contributed by atoms with Crippen molar-refractivity contribution in [1.82, 2.24) is 20.3 Å². The van der Waals surface area contributed by atoms with E-state index in [1.54, 1.807) is 19.1 Å². The molecule has 7 heteroatoms. The first-order valence-corrected chi connectivity index (χ1v) is 4.64. The van der Waals surface area contributed by atoms with Crippen molar-refractivity contribution in [2.24, 2.45) is 0 Å². The van der Waals surface area contributed by atoms with Crippen molar-refractivity contribution in [3.8, 4) is 0 Å². The molecule has 2 rings (SSSR count). The van der Waals surface area contributed by atoms with Gasteiger partial charge in [-0.2, -0.15) is 4.98 Å². The van der Waals surface area contributed by atoms with E-state index in [2.05, 4.69) is 25.7 Å². The Balaban J connectivity index is 1.96. The van der Waals surface area contributed by atoms with E-state index in [-0.39, 0.29) is 0 Å². The Hall–Kier alpha value is -1.69. The smallest absolute Gasteiger partial charge is 0.223 e. The molecule has 1 N–H and O–H groups in total. The summed E-state index contributed by atoms with van der Waals surface area (Å²) in [6.45, 7) is 2.17. The highest BCUT2D eigenvalue weighted by atomic mass is 35.5. The van der Waals surface area contributed by atoms with Gasteiger partial charge in [-0.3, -0.25) is 0 Å². The Morgan fingerprint density at radius 1 is 1.40 bits per heavy atom. The molecule has 2 heterocycles. The molecule has 0 aliphatic heterocycles. The zero-order chi connectivity index (χ0) is 10.7. The first-order valence-electron chi connectivity index (χ1n) is 4.26. The number of anilines is 1. The summed E-state index contributed by atoms with van der Waals surface area (Å²) in [7, 11) is 0. The molecule has 0 saturated carbocycles. The molecule has 2 aromatic heterocycles. The number of nitrogens with zero attached hydrogens (tertiary/aromatic N) is 4. The first-order chi connectivity index (χ1) is 7.24. The Bertz CT molecular complexity index is 441. The summed E-state index contributed by atoms with van der Waals surface area (Å²) < 4.78 is 4.81. The van der Waals surface area contributed by atoms with Crippen LogP contribution in [0.1, 0.15) is 11.7 Å². The lowest BCUT2D eigenvalue weighted by Crippen LogP contribution is -2.03. The zero-order valence-electron chi connectivity index (χ0n) is 7.94. The van der Waals surface area contributed by atoms with Gasteiger partial charge < -0.3 is 9.84 Å². The molecular formula is C8H8ClN5O. The van der Waals surface area contributed by atoms with E-state index in [1.165, 1.54) is 0 Å². The van der Waals surface area contributed by atoms with Gasteiger partial charge in [-0.05, 0) is 12.1 Å². The molecule has 0 aromatic carbocycles. The number of aryl methyl sites for hydroxylation is 1. The van der Waals surface area contributed by atoms with Gasteiger partial charge >= 0.3 is 0 Å². The van der Waals surface area contributed by atoms with E-state index in [1.807, 2.05) is 0 Å². The average Bonchev–Trinajstić information content (AvgIpc) is 2.64.